The van der Waals surface area contributed by atoms with E-state index in [2.05, 4.69) is 4.98 Å². The molecule has 0 unspecified atom stereocenters. The van der Waals surface area contributed by atoms with Crippen LogP contribution in [0.25, 0.3) is 20.0 Å². The van der Waals surface area contributed by atoms with Gasteiger partial charge in [-0.2, -0.15) is 0 Å². The van der Waals surface area contributed by atoms with Crippen molar-refractivity contribution in [2.75, 3.05) is 0 Å². The Morgan fingerprint density at radius 3 is 2.78 bits per heavy atom. The molecule has 0 saturated carbocycles. The van der Waals surface area contributed by atoms with Crippen LogP contribution in [0.3, 0.4) is 0 Å². The Balaban J connectivity index is 2.47. The first-order valence-electron chi connectivity index (χ1n) is 5.36. The van der Waals surface area contributed by atoms with E-state index < -0.39 is 0 Å². The molecule has 0 spiro atoms. The zero-order valence-corrected chi connectivity index (χ0v) is 11.4. The molecule has 3 aromatic heterocycles. The van der Waals surface area contributed by atoms with Crippen molar-refractivity contribution in [1.82, 2.24) is 9.55 Å². The molecule has 0 aromatic carbocycles. The number of H-pyrrole nitrogens is 1. The van der Waals surface area contributed by atoms with Gasteiger partial charge in [0.25, 0.3) is 5.56 Å². The van der Waals surface area contributed by atoms with E-state index >= 15 is 0 Å². The van der Waals surface area contributed by atoms with Crippen LogP contribution < -0.4 is 11.2 Å². The maximum atomic E-state index is 12.1. The van der Waals surface area contributed by atoms with Crippen molar-refractivity contribution in [3.63, 3.8) is 0 Å². The van der Waals surface area contributed by atoms with Crippen LogP contribution in [0.1, 0.15) is 5.56 Å². The predicted octanol–water partition coefficient (Wildman–Crippen LogP) is 2.33. The van der Waals surface area contributed by atoms with Crippen molar-refractivity contribution in [2.45, 2.75) is 6.92 Å². The zero-order valence-electron chi connectivity index (χ0n) is 9.81. The van der Waals surface area contributed by atoms with Gasteiger partial charge in [0.15, 0.2) is 0 Å². The van der Waals surface area contributed by atoms with Gasteiger partial charge in [0.05, 0.1) is 10.3 Å². The number of nitrogens with one attached hydrogen (secondary N) is 1. The van der Waals surface area contributed by atoms with E-state index in [9.17, 15) is 9.59 Å². The average molecular weight is 278 g/mol. The summed E-state index contributed by atoms with van der Waals surface area (Å²) in [5, 5.41) is 2.62. The third-order valence-corrected chi connectivity index (χ3v) is 5.19. The van der Waals surface area contributed by atoms with Gasteiger partial charge < -0.3 is 0 Å². The van der Waals surface area contributed by atoms with E-state index in [1.165, 1.54) is 18.4 Å². The lowest BCUT2D eigenvalue weighted by atomic mass is 10.2. The highest BCUT2D eigenvalue weighted by molar-refractivity contribution is 7.25. The molecular weight excluding hydrogens is 268 g/mol. The Morgan fingerprint density at radius 2 is 2.11 bits per heavy atom. The Kier molecular flexibility index (Phi) is 2.49. The molecule has 18 heavy (non-hydrogen) atoms. The van der Waals surface area contributed by atoms with Gasteiger partial charge in [-0.05, 0) is 23.9 Å². The van der Waals surface area contributed by atoms with Crippen LogP contribution in [0.4, 0.5) is 0 Å². The number of hydrogen-bond donors (Lipinski definition) is 1. The van der Waals surface area contributed by atoms with Gasteiger partial charge in [0.1, 0.15) is 4.83 Å². The van der Waals surface area contributed by atoms with Gasteiger partial charge in [-0.15, -0.1) is 22.7 Å². The molecule has 3 rings (SSSR count). The van der Waals surface area contributed by atoms with Crippen molar-refractivity contribution in [3.8, 4) is 9.75 Å². The summed E-state index contributed by atoms with van der Waals surface area (Å²) in [7, 11) is 1.49. The fourth-order valence-electron chi connectivity index (χ4n) is 1.94. The lowest BCUT2D eigenvalue weighted by molar-refractivity contribution is 0.795. The second kappa shape index (κ2) is 3.93. The molecule has 0 aliphatic carbocycles. The molecule has 92 valence electrons. The van der Waals surface area contributed by atoms with E-state index in [4.69, 9.17) is 0 Å². The molecule has 0 aliphatic heterocycles. The van der Waals surface area contributed by atoms with Crippen molar-refractivity contribution < 1.29 is 0 Å². The second-order valence-corrected chi connectivity index (χ2v) is 6.00. The molecule has 0 amide bonds. The average Bonchev–Trinajstić information content (AvgIpc) is 2.94. The quantitative estimate of drug-likeness (QED) is 0.742. The molecule has 6 heteroatoms. The minimum atomic E-state index is -0.369. The molecular formula is C12H10N2O2S2. The SMILES string of the molecule is Cc1c(-c2cccs2)sc2[nH]c(=O)n(C)c(=O)c12. The van der Waals surface area contributed by atoms with Crippen LogP contribution in [0.5, 0.6) is 0 Å². The Hall–Kier alpha value is -1.66. The van der Waals surface area contributed by atoms with Gasteiger partial charge in [-0.1, -0.05) is 6.07 Å². The number of thiophene rings is 2. The maximum Gasteiger partial charge on any atom is 0.329 e. The molecule has 0 bridgehead atoms. The number of fused-ring (bicyclic) bond motifs is 1. The van der Waals surface area contributed by atoms with Crippen LogP contribution in [-0.4, -0.2) is 9.55 Å². The van der Waals surface area contributed by atoms with Crippen molar-refractivity contribution >= 4 is 32.9 Å². The number of rotatable bonds is 1. The van der Waals surface area contributed by atoms with Gasteiger partial charge in [0.2, 0.25) is 0 Å². The molecule has 3 heterocycles. The second-order valence-electron chi connectivity index (χ2n) is 4.03. The fourth-order valence-corrected chi connectivity index (χ4v) is 4.04. The normalized spacial score (nSPS) is 11.2. The summed E-state index contributed by atoms with van der Waals surface area (Å²) in [5.74, 6) is 0. The van der Waals surface area contributed by atoms with Crippen LogP contribution in [0, 0.1) is 6.92 Å². The molecule has 3 aromatic rings. The largest absolute Gasteiger partial charge is 0.329 e. The molecule has 0 aliphatic rings. The van der Waals surface area contributed by atoms with E-state index in [1.54, 1.807) is 11.3 Å². The first kappa shape index (κ1) is 11.4. The van der Waals surface area contributed by atoms with Crippen LogP contribution >= 0.6 is 22.7 Å². The summed E-state index contributed by atoms with van der Waals surface area (Å²) < 4.78 is 1.11. The molecule has 4 nitrogen and oxygen atoms in total. The fraction of sp³-hybridized carbons (Fsp3) is 0.167. The van der Waals surface area contributed by atoms with E-state index in [0.29, 0.717) is 10.2 Å². The lowest BCUT2D eigenvalue weighted by Gasteiger charge is -1.96. The Bertz CT molecular complexity index is 837. The summed E-state index contributed by atoms with van der Waals surface area (Å²) in [4.78, 5) is 29.3. The molecule has 0 fully saturated rings. The highest BCUT2D eigenvalue weighted by atomic mass is 32.1. The Morgan fingerprint density at radius 1 is 1.33 bits per heavy atom. The van der Waals surface area contributed by atoms with Gasteiger partial charge in [-0.3, -0.25) is 14.3 Å². The number of nitrogens with zero attached hydrogens (tertiary/aromatic N) is 1. The monoisotopic (exact) mass is 278 g/mol. The highest BCUT2D eigenvalue weighted by Gasteiger charge is 2.16. The maximum absolute atomic E-state index is 12.1. The number of aromatic amines is 1. The topological polar surface area (TPSA) is 54.9 Å². The Labute approximate surface area is 110 Å². The third-order valence-electron chi connectivity index (χ3n) is 2.94. The first-order valence-corrected chi connectivity index (χ1v) is 7.05. The third kappa shape index (κ3) is 1.49. The zero-order chi connectivity index (χ0) is 12.9. The minimum absolute atomic E-state index is 0.231. The molecule has 0 atom stereocenters. The summed E-state index contributed by atoms with van der Waals surface area (Å²) in [6.07, 6.45) is 0. The summed E-state index contributed by atoms with van der Waals surface area (Å²) in [5.41, 5.74) is 0.339. The van der Waals surface area contributed by atoms with E-state index in [0.717, 1.165) is 19.9 Å². The van der Waals surface area contributed by atoms with Crippen LogP contribution in [0.15, 0.2) is 27.1 Å². The van der Waals surface area contributed by atoms with Crippen molar-refractivity contribution in [1.29, 1.82) is 0 Å². The lowest BCUT2D eigenvalue weighted by Crippen LogP contribution is -2.32. The smallest absolute Gasteiger partial charge is 0.298 e. The molecule has 0 saturated heterocycles. The van der Waals surface area contributed by atoms with Crippen LogP contribution in [-0.2, 0) is 7.05 Å². The van der Waals surface area contributed by atoms with Crippen molar-refractivity contribution in [2.24, 2.45) is 7.05 Å². The highest BCUT2D eigenvalue weighted by Crippen LogP contribution is 2.37. The first-order chi connectivity index (χ1) is 8.59. The van der Waals surface area contributed by atoms with Gasteiger partial charge in [0, 0.05) is 11.9 Å². The summed E-state index contributed by atoms with van der Waals surface area (Å²) in [6, 6.07) is 4.00. The van der Waals surface area contributed by atoms with E-state index in [1.807, 2.05) is 24.4 Å². The standard InChI is InChI=1S/C12H10N2O2S2/c1-6-8-10(13-12(16)14(2)11(8)15)18-9(6)7-4-3-5-17-7/h3-5H,1-2H3,(H,13,16). The number of hydrogen-bond acceptors (Lipinski definition) is 4. The van der Waals surface area contributed by atoms with Crippen LogP contribution in [0.2, 0.25) is 0 Å². The van der Waals surface area contributed by atoms with Crippen molar-refractivity contribution in [3.05, 3.63) is 43.9 Å². The van der Waals surface area contributed by atoms with Gasteiger partial charge in [-0.25, -0.2) is 4.79 Å². The van der Waals surface area contributed by atoms with E-state index in [-0.39, 0.29) is 11.2 Å². The number of aryl methyl sites for hydroxylation is 1. The summed E-state index contributed by atoms with van der Waals surface area (Å²) >= 11 is 3.09. The number of aromatic nitrogens is 2. The predicted molar refractivity (Wildman–Crippen MR) is 75.7 cm³/mol. The molecule has 1 N–H and O–H groups in total. The summed E-state index contributed by atoms with van der Waals surface area (Å²) in [6.45, 7) is 1.92. The minimum Gasteiger partial charge on any atom is -0.298 e. The molecule has 0 radical (unpaired) electrons. The van der Waals surface area contributed by atoms with Gasteiger partial charge >= 0.3 is 5.69 Å².